The van der Waals surface area contributed by atoms with Crippen molar-refractivity contribution in [3.8, 4) is 0 Å². The monoisotopic (exact) mass is 254 g/mol. The van der Waals surface area contributed by atoms with Gasteiger partial charge in [-0.05, 0) is 45.8 Å². The van der Waals surface area contributed by atoms with Crippen molar-refractivity contribution in [3.63, 3.8) is 0 Å². The second-order valence-corrected chi connectivity index (χ2v) is 6.20. The molecule has 1 rings (SSSR count). The molecule has 2 nitrogen and oxygen atoms in total. The number of likely N-dealkylation sites (N-methyl/N-ethyl adjacent to an activating group) is 2. The molecule has 1 aliphatic carbocycles. The van der Waals surface area contributed by atoms with E-state index in [1.807, 2.05) is 0 Å². The van der Waals surface area contributed by atoms with Crippen molar-refractivity contribution < 1.29 is 0 Å². The van der Waals surface area contributed by atoms with Gasteiger partial charge in [0.15, 0.2) is 0 Å². The van der Waals surface area contributed by atoms with E-state index in [1.165, 1.54) is 44.9 Å². The first-order chi connectivity index (χ1) is 8.60. The summed E-state index contributed by atoms with van der Waals surface area (Å²) in [6.07, 6.45) is 9.67. The predicted octanol–water partition coefficient (Wildman–Crippen LogP) is 3.67. The summed E-state index contributed by atoms with van der Waals surface area (Å²) in [6, 6.07) is 0.649. The van der Waals surface area contributed by atoms with Crippen LogP contribution in [0.1, 0.15) is 65.7 Å². The van der Waals surface area contributed by atoms with Crippen molar-refractivity contribution in [2.45, 2.75) is 77.3 Å². The van der Waals surface area contributed by atoms with E-state index in [2.05, 4.69) is 45.1 Å². The average molecular weight is 254 g/mol. The fourth-order valence-corrected chi connectivity index (χ4v) is 4.01. The summed E-state index contributed by atoms with van der Waals surface area (Å²) in [4.78, 5) is 2.47. The second kappa shape index (κ2) is 7.49. The van der Waals surface area contributed by atoms with Gasteiger partial charge in [-0.25, -0.2) is 0 Å². The lowest BCUT2D eigenvalue weighted by molar-refractivity contribution is 0.0768. The number of nitrogens with one attached hydrogen (secondary N) is 1. The van der Waals surface area contributed by atoms with Gasteiger partial charge in [0.1, 0.15) is 0 Å². The van der Waals surface area contributed by atoms with E-state index in [9.17, 15) is 0 Å². The van der Waals surface area contributed by atoms with Crippen molar-refractivity contribution in [1.82, 2.24) is 10.2 Å². The van der Waals surface area contributed by atoms with Crippen LogP contribution >= 0.6 is 0 Å². The van der Waals surface area contributed by atoms with Crippen molar-refractivity contribution in [3.05, 3.63) is 0 Å². The minimum Gasteiger partial charge on any atom is -0.312 e. The molecule has 0 aliphatic heterocycles. The highest BCUT2D eigenvalue weighted by atomic mass is 15.2. The molecule has 0 radical (unpaired) electrons. The summed E-state index contributed by atoms with van der Waals surface area (Å²) >= 11 is 0. The largest absolute Gasteiger partial charge is 0.312 e. The van der Waals surface area contributed by atoms with Gasteiger partial charge in [0.05, 0.1) is 0 Å². The Morgan fingerprint density at radius 1 is 1.11 bits per heavy atom. The van der Waals surface area contributed by atoms with Crippen LogP contribution in [0.15, 0.2) is 0 Å². The Morgan fingerprint density at radius 2 is 1.67 bits per heavy atom. The maximum atomic E-state index is 3.79. The number of hydrogen-bond donors (Lipinski definition) is 1. The molecule has 1 saturated carbocycles. The Kier molecular flexibility index (Phi) is 6.65. The van der Waals surface area contributed by atoms with E-state index < -0.39 is 0 Å². The number of nitrogens with zero attached hydrogens (tertiary/aromatic N) is 1. The third-order valence-corrected chi connectivity index (χ3v) is 5.26. The van der Waals surface area contributed by atoms with Gasteiger partial charge in [-0.1, -0.05) is 46.5 Å². The van der Waals surface area contributed by atoms with Crippen LogP contribution < -0.4 is 5.32 Å². The molecule has 0 heterocycles. The van der Waals surface area contributed by atoms with Gasteiger partial charge >= 0.3 is 0 Å². The maximum Gasteiger partial charge on any atom is 0.0351 e. The molecule has 2 heteroatoms. The van der Waals surface area contributed by atoms with Crippen LogP contribution in [0.4, 0.5) is 0 Å². The highest BCUT2D eigenvalue weighted by molar-refractivity contribution is 4.98. The molecule has 1 unspecified atom stereocenters. The summed E-state index contributed by atoms with van der Waals surface area (Å²) in [7, 11) is 4.51. The molecular weight excluding hydrogens is 220 g/mol. The highest BCUT2D eigenvalue weighted by Gasteiger charge is 2.38. The SMILES string of the molecule is CCNC(CC1CCCC1)C(CC)(CC)N(C)C. The zero-order valence-electron chi connectivity index (χ0n) is 13.3. The summed E-state index contributed by atoms with van der Waals surface area (Å²) in [6.45, 7) is 8.03. The van der Waals surface area contributed by atoms with E-state index in [0.29, 0.717) is 11.6 Å². The number of hydrogen-bond acceptors (Lipinski definition) is 2. The molecular formula is C16H34N2. The van der Waals surface area contributed by atoms with E-state index in [4.69, 9.17) is 0 Å². The normalized spacial score (nSPS) is 19.7. The van der Waals surface area contributed by atoms with Crippen molar-refractivity contribution in [1.29, 1.82) is 0 Å². The molecule has 1 aliphatic rings. The topological polar surface area (TPSA) is 15.3 Å². The molecule has 0 aromatic rings. The standard InChI is InChI=1S/C16H34N2/c1-6-16(7-2,18(4)5)15(17-8-3)13-14-11-9-10-12-14/h14-15,17H,6-13H2,1-5H3. The van der Waals surface area contributed by atoms with E-state index in [0.717, 1.165) is 12.5 Å². The second-order valence-electron chi connectivity index (χ2n) is 6.20. The summed E-state index contributed by atoms with van der Waals surface area (Å²) < 4.78 is 0. The molecule has 0 bridgehead atoms. The van der Waals surface area contributed by atoms with Gasteiger partial charge < -0.3 is 10.2 Å². The Labute approximate surface area is 115 Å². The zero-order valence-corrected chi connectivity index (χ0v) is 13.3. The Bertz CT molecular complexity index is 215. The highest BCUT2D eigenvalue weighted by Crippen LogP contribution is 2.35. The molecule has 0 spiro atoms. The molecule has 0 amide bonds. The van der Waals surface area contributed by atoms with Crippen LogP contribution in [0.2, 0.25) is 0 Å². The van der Waals surface area contributed by atoms with Gasteiger partial charge in [-0.15, -0.1) is 0 Å². The van der Waals surface area contributed by atoms with Crippen LogP contribution in [-0.2, 0) is 0 Å². The summed E-state index contributed by atoms with van der Waals surface area (Å²) in [5.74, 6) is 0.964. The molecule has 108 valence electrons. The average Bonchev–Trinajstić information content (AvgIpc) is 2.84. The van der Waals surface area contributed by atoms with Crippen LogP contribution in [0.5, 0.6) is 0 Å². The van der Waals surface area contributed by atoms with Gasteiger partial charge in [0.2, 0.25) is 0 Å². The van der Waals surface area contributed by atoms with Crippen molar-refractivity contribution in [2.24, 2.45) is 5.92 Å². The van der Waals surface area contributed by atoms with Crippen LogP contribution in [0.25, 0.3) is 0 Å². The van der Waals surface area contributed by atoms with Gasteiger partial charge in [0.25, 0.3) is 0 Å². The zero-order chi connectivity index (χ0) is 13.6. The minimum atomic E-state index is 0.332. The third-order valence-electron chi connectivity index (χ3n) is 5.26. The number of rotatable bonds is 8. The summed E-state index contributed by atoms with van der Waals surface area (Å²) in [5, 5.41) is 3.79. The summed E-state index contributed by atoms with van der Waals surface area (Å²) in [5.41, 5.74) is 0.332. The molecule has 1 N–H and O–H groups in total. The minimum absolute atomic E-state index is 0.332. The lowest BCUT2D eigenvalue weighted by Gasteiger charge is -2.46. The fraction of sp³-hybridized carbons (Fsp3) is 1.00. The van der Waals surface area contributed by atoms with Crippen LogP contribution in [0.3, 0.4) is 0 Å². The Hall–Kier alpha value is -0.0800. The fourth-order valence-electron chi connectivity index (χ4n) is 4.01. The van der Waals surface area contributed by atoms with E-state index in [1.54, 1.807) is 0 Å². The maximum absolute atomic E-state index is 3.79. The molecule has 1 fully saturated rings. The molecule has 0 aromatic carbocycles. The van der Waals surface area contributed by atoms with Gasteiger partial charge in [-0.3, -0.25) is 0 Å². The smallest absolute Gasteiger partial charge is 0.0351 e. The van der Waals surface area contributed by atoms with E-state index >= 15 is 0 Å². The Balaban J connectivity index is 2.77. The lowest BCUT2D eigenvalue weighted by Crippen LogP contribution is -2.59. The van der Waals surface area contributed by atoms with Crippen LogP contribution in [0, 0.1) is 5.92 Å². The molecule has 1 atom stereocenters. The van der Waals surface area contributed by atoms with Crippen LogP contribution in [-0.4, -0.2) is 37.1 Å². The molecule has 0 saturated heterocycles. The van der Waals surface area contributed by atoms with Gasteiger partial charge in [0, 0.05) is 11.6 Å². The quantitative estimate of drug-likeness (QED) is 0.711. The third kappa shape index (κ3) is 3.48. The van der Waals surface area contributed by atoms with E-state index in [-0.39, 0.29) is 0 Å². The predicted molar refractivity (Wildman–Crippen MR) is 81.0 cm³/mol. The molecule has 0 aromatic heterocycles. The van der Waals surface area contributed by atoms with Gasteiger partial charge in [-0.2, -0.15) is 0 Å². The van der Waals surface area contributed by atoms with Crippen molar-refractivity contribution >= 4 is 0 Å². The first-order valence-corrected chi connectivity index (χ1v) is 8.01. The first-order valence-electron chi connectivity index (χ1n) is 8.01. The Morgan fingerprint density at radius 3 is 2.06 bits per heavy atom. The first kappa shape index (κ1) is 16.0. The van der Waals surface area contributed by atoms with Crippen molar-refractivity contribution in [2.75, 3.05) is 20.6 Å². The lowest BCUT2D eigenvalue weighted by atomic mass is 9.78. The molecule has 18 heavy (non-hydrogen) atoms.